The third-order valence-corrected chi connectivity index (χ3v) is 5.87. The molecule has 0 unspecified atom stereocenters. The predicted octanol–water partition coefficient (Wildman–Crippen LogP) is 4.54. The molecule has 8 nitrogen and oxygen atoms in total. The van der Waals surface area contributed by atoms with Crippen molar-refractivity contribution < 1.29 is 28.5 Å². The molecular formula is C24H25ClN2O6S. The second-order valence-electron chi connectivity index (χ2n) is 6.92. The molecule has 3 rings (SSSR count). The zero-order chi connectivity index (χ0) is 24.5. The van der Waals surface area contributed by atoms with Gasteiger partial charge in [0.15, 0.2) is 23.3 Å². The highest BCUT2D eigenvalue weighted by molar-refractivity contribution is 8.18. The number of hydrogen-bond acceptors (Lipinski definition) is 8. The third-order valence-electron chi connectivity index (χ3n) is 4.58. The summed E-state index contributed by atoms with van der Waals surface area (Å²) in [6.45, 7) is 2.62. The number of carbonyl (C=O) groups is 2. The van der Waals surface area contributed by atoms with E-state index in [1.807, 2.05) is 37.3 Å². The standard InChI is InChI=1S/C24H25ClN2O6S/c1-4-32-19-13-16(12-18(25)22(19)33-15-21(28)31-3)14-20-23(29)27(10-11-30-2)24(34-20)26-17-8-6-5-7-9-17/h5-9,12-14H,4,10-11,15H2,1-3H3/b20-14-,26-24?. The maximum Gasteiger partial charge on any atom is 0.343 e. The van der Waals surface area contributed by atoms with Gasteiger partial charge in [-0.1, -0.05) is 29.8 Å². The van der Waals surface area contributed by atoms with Crippen molar-refractivity contribution in [1.29, 1.82) is 0 Å². The smallest absolute Gasteiger partial charge is 0.343 e. The molecule has 0 atom stereocenters. The van der Waals surface area contributed by atoms with E-state index in [-0.39, 0.29) is 23.3 Å². The van der Waals surface area contributed by atoms with Crippen LogP contribution in [-0.4, -0.2) is 62.5 Å². The van der Waals surface area contributed by atoms with Gasteiger partial charge in [0.25, 0.3) is 5.91 Å². The molecule has 0 spiro atoms. The molecular weight excluding hydrogens is 480 g/mol. The first-order chi connectivity index (χ1) is 16.5. The van der Waals surface area contributed by atoms with E-state index >= 15 is 0 Å². The van der Waals surface area contributed by atoms with Crippen molar-refractivity contribution in [2.75, 3.05) is 40.6 Å². The normalized spacial score (nSPS) is 15.8. The van der Waals surface area contributed by atoms with E-state index in [4.69, 9.17) is 25.8 Å². The average molecular weight is 505 g/mol. The number of benzene rings is 2. The molecule has 0 radical (unpaired) electrons. The van der Waals surface area contributed by atoms with Crippen LogP contribution in [0, 0.1) is 0 Å². The summed E-state index contributed by atoms with van der Waals surface area (Å²) in [7, 11) is 2.85. The molecule has 180 valence electrons. The van der Waals surface area contributed by atoms with Gasteiger partial charge in [0.1, 0.15) is 0 Å². The molecule has 0 aliphatic carbocycles. The number of rotatable bonds is 10. The summed E-state index contributed by atoms with van der Waals surface area (Å²) in [5.41, 5.74) is 1.39. The van der Waals surface area contributed by atoms with Crippen LogP contribution < -0.4 is 9.47 Å². The third kappa shape index (κ3) is 6.53. The number of halogens is 1. The van der Waals surface area contributed by atoms with Gasteiger partial charge in [-0.3, -0.25) is 9.69 Å². The minimum absolute atomic E-state index is 0.183. The molecule has 1 fully saturated rings. The Morgan fingerprint density at radius 3 is 2.62 bits per heavy atom. The summed E-state index contributed by atoms with van der Waals surface area (Å²) >= 11 is 7.69. The molecule has 2 aromatic rings. The summed E-state index contributed by atoms with van der Waals surface area (Å²) in [6, 6.07) is 12.8. The van der Waals surface area contributed by atoms with Crippen molar-refractivity contribution in [3.8, 4) is 11.5 Å². The van der Waals surface area contributed by atoms with Crippen molar-refractivity contribution in [3.63, 3.8) is 0 Å². The number of amides is 1. The lowest BCUT2D eigenvalue weighted by atomic mass is 10.1. The number of amidine groups is 1. The number of esters is 1. The fourth-order valence-electron chi connectivity index (χ4n) is 3.00. The molecule has 1 amide bonds. The number of methoxy groups -OCH3 is 2. The van der Waals surface area contributed by atoms with Crippen molar-refractivity contribution in [2.45, 2.75) is 6.92 Å². The van der Waals surface area contributed by atoms with E-state index < -0.39 is 5.97 Å². The van der Waals surface area contributed by atoms with Crippen LogP contribution in [0.25, 0.3) is 6.08 Å². The molecule has 0 bridgehead atoms. The molecule has 1 saturated heterocycles. The molecule has 0 aromatic heterocycles. The maximum atomic E-state index is 13.1. The van der Waals surface area contributed by atoms with Crippen LogP contribution in [-0.2, 0) is 19.1 Å². The van der Waals surface area contributed by atoms with Crippen LogP contribution >= 0.6 is 23.4 Å². The molecule has 0 N–H and O–H groups in total. The molecule has 0 saturated carbocycles. The monoisotopic (exact) mass is 504 g/mol. The summed E-state index contributed by atoms with van der Waals surface area (Å²) in [5, 5.41) is 0.806. The van der Waals surface area contributed by atoms with Gasteiger partial charge in [-0.05, 0) is 54.6 Å². The van der Waals surface area contributed by atoms with Gasteiger partial charge in [0.05, 0.1) is 42.5 Å². The van der Waals surface area contributed by atoms with Gasteiger partial charge in [0.2, 0.25) is 0 Å². The Morgan fingerprint density at radius 2 is 1.94 bits per heavy atom. The Balaban J connectivity index is 1.93. The molecule has 10 heteroatoms. The minimum atomic E-state index is -0.543. The SMILES string of the molecule is CCOc1cc(/C=C2\SC(=Nc3ccccc3)N(CCOC)C2=O)cc(Cl)c1OCC(=O)OC. The van der Waals surface area contributed by atoms with Crippen LogP contribution in [0.1, 0.15) is 12.5 Å². The summed E-state index contributed by atoms with van der Waals surface area (Å²) < 4.78 is 20.9. The van der Waals surface area contributed by atoms with Gasteiger partial charge in [-0.25, -0.2) is 9.79 Å². The lowest BCUT2D eigenvalue weighted by molar-refractivity contribution is -0.142. The minimum Gasteiger partial charge on any atom is -0.490 e. The van der Waals surface area contributed by atoms with Crippen LogP contribution in [0.3, 0.4) is 0 Å². The van der Waals surface area contributed by atoms with Gasteiger partial charge in [-0.2, -0.15) is 0 Å². The number of hydrogen-bond donors (Lipinski definition) is 0. The van der Waals surface area contributed by atoms with Crippen molar-refractivity contribution in [1.82, 2.24) is 4.90 Å². The molecule has 34 heavy (non-hydrogen) atoms. The summed E-state index contributed by atoms with van der Waals surface area (Å²) in [5.74, 6) is -0.138. The van der Waals surface area contributed by atoms with Crippen LogP contribution in [0.15, 0.2) is 52.4 Å². The zero-order valence-corrected chi connectivity index (χ0v) is 20.6. The highest BCUT2D eigenvalue weighted by atomic mass is 35.5. The van der Waals surface area contributed by atoms with E-state index in [9.17, 15) is 9.59 Å². The molecule has 1 aliphatic heterocycles. The quantitative estimate of drug-likeness (QED) is 0.347. The van der Waals surface area contributed by atoms with Crippen LogP contribution in [0.2, 0.25) is 5.02 Å². The molecule has 1 heterocycles. The lowest BCUT2D eigenvalue weighted by Crippen LogP contribution is -2.32. The molecule has 2 aromatic carbocycles. The zero-order valence-electron chi connectivity index (χ0n) is 19.1. The van der Waals surface area contributed by atoms with Gasteiger partial charge < -0.3 is 18.9 Å². The van der Waals surface area contributed by atoms with E-state index in [0.717, 1.165) is 5.69 Å². The largest absolute Gasteiger partial charge is 0.490 e. The second-order valence-corrected chi connectivity index (χ2v) is 8.33. The predicted molar refractivity (Wildman–Crippen MR) is 133 cm³/mol. The number of nitrogens with zero attached hydrogens (tertiary/aromatic N) is 2. The first kappa shape index (κ1) is 25.6. The van der Waals surface area contributed by atoms with Gasteiger partial charge in [0, 0.05) is 7.11 Å². The fraction of sp³-hybridized carbons (Fsp3) is 0.292. The number of thioether (sulfide) groups is 1. The van der Waals surface area contributed by atoms with E-state index in [1.54, 1.807) is 30.2 Å². The van der Waals surface area contributed by atoms with Crippen molar-refractivity contribution in [2.24, 2.45) is 4.99 Å². The van der Waals surface area contributed by atoms with E-state index in [1.165, 1.54) is 18.9 Å². The van der Waals surface area contributed by atoms with Crippen LogP contribution in [0.4, 0.5) is 5.69 Å². The Labute approximate surface area is 207 Å². The Kier molecular flexibility index (Phi) is 9.38. The Hall–Kier alpha value is -3.01. The van der Waals surface area contributed by atoms with Crippen LogP contribution in [0.5, 0.6) is 11.5 Å². The van der Waals surface area contributed by atoms with Gasteiger partial charge >= 0.3 is 5.97 Å². The first-order valence-corrected chi connectivity index (χ1v) is 11.7. The fourth-order valence-corrected chi connectivity index (χ4v) is 4.30. The number of aliphatic imine (C=N–C) groups is 1. The highest BCUT2D eigenvalue weighted by Gasteiger charge is 2.33. The Bertz CT molecular complexity index is 1090. The average Bonchev–Trinajstić information content (AvgIpc) is 3.11. The first-order valence-electron chi connectivity index (χ1n) is 10.5. The van der Waals surface area contributed by atoms with Crippen molar-refractivity contribution in [3.05, 3.63) is 58.0 Å². The Morgan fingerprint density at radius 1 is 1.18 bits per heavy atom. The topological polar surface area (TPSA) is 86.7 Å². The number of ether oxygens (including phenoxy) is 4. The maximum absolute atomic E-state index is 13.1. The number of carbonyl (C=O) groups excluding carboxylic acids is 2. The second kappa shape index (κ2) is 12.5. The number of para-hydroxylation sites is 1. The van der Waals surface area contributed by atoms with E-state index in [0.29, 0.717) is 41.1 Å². The summed E-state index contributed by atoms with van der Waals surface area (Å²) in [4.78, 5) is 31.3. The summed E-state index contributed by atoms with van der Waals surface area (Å²) in [6.07, 6.45) is 1.72. The van der Waals surface area contributed by atoms with Gasteiger partial charge in [-0.15, -0.1) is 0 Å². The van der Waals surface area contributed by atoms with E-state index in [2.05, 4.69) is 9.73 Å². The highest BCUT2D eigenvalue weighted by Crippen LogP contribution is 2.39. The van der Waals surface area contributed by atoms with Crippen molar-refractivity contribution >= 4 is 52.2 Å². The molecule has 1 aliphatic rings. The lowest BCUT2D eigenvalue weighted by Gasteiger charge is -2.15.